The van der Waals surface area contributed by atoms with Gasteiger partial charge in [-0.3, -0.25) is 4.79 Å². The van der Waals surface area contributed by atoms with Crippen molar-refractivity contribution in [1.82, 2.24) is 5.32 Å². The number of benzene rings is 2. The molecule has 0 amide bonds. The van der Waals surface area contributed by atoms with E-state index < -0.39 is 0 Å². The number of rotatable bonds is 16. The fraction of sp³-hybridized carbons (Fsp3) is 0.400. The maximum absolute atomic E-state index is 12.8. The Morgan fingerprint density at radius 3 is 2.14 bits per heavy atom. The number of aliphatic hydroxyl groups is 1. The van der Waals surface area contributed by atoms with Gasteiger partial charge in [0.15, 0.2) is 0 Å². The van der Waals surface area contributed by atoms with Crippen molar-refractivity contribution in [3.8, 4) is 0 Å². The molecule has 2 aromatic carbocycles. The van der Waals surface area contributed by atoms with Crippen LogP contribution in [0.15, 0.2) is 83.1 Å². The molecule has 0 radical (unpaired) electrons. The van der Waals surface area contributed by atoms with E-state index in [1.165, 1.54) is 12.8 Å². The van der Waals surface area contributed by atoms with Crippen LogP contribution >= 0.6 is 0 Å². The van der Waals surface area contributed by atoms with Crippen molar-refractivity contribution < 1.29 is 9.90 Å². The molecule has 192 valence electrons. The van der Waals surface area contributed by atoms with Crippen LogP contribution in [0.1, 0.15) is 58.3 Å². The lowest BCUT2D eigenvalue weighted by Crippen LogP contribution is -2.30. The van der Waals surface area contributed by atoms with E-state index in [1.807, 2.05) is 54.6 Å². The van der Waals surface area contributed by atoms with Gasteiger partial charge in [0.1, 0.15) is 5.70 Å². The minimum atomic E-state index is -0.0626. The van der Waals surface area contributed by atoms with Gasteiger partial charge in [-0.2, -0.15) is 0 Å². The number of ketones is 1. The van der Waals surface area contributed by atoms with E-state index in [4.69, 9.17) is 10.1 Å². The Bertz CT molecular complexity index is 1030. The van der Waals surface area contributed by atoms with E-state index in [1.54, 1.807) is 12.2 Å². The van der Waals surface area contributed by atoms with E-state index >= 15 is 0 Å². The lowest BCUT2D eigenvalue weighted by Gasteiger charge is -2.20. The zero-order valence-electron chi connectivity index (χ0n) is 21.4. The zero-order chi connectivity index (χ0) is 25.4. The van der Waals surface area contributed by atoms with Crippen LogP contribution in [-0.4, -0.2) is 36.3 Å². The number of para-hydroxylation sites is 1. The standard InChI is InChI=1S/C30H40N4O2/c1-2-3-4-10-22-32-29-27(19-20-28(36)30(29)34-25-13-8-7-9-14-25)33-26-17-15-24(16-18-26)31-21-11-5-6-12-23-35/h7-9,13-20,31-32,34-35H,2-6,10-12,21-23H2,1H3. The first kappa shape index (κ1) is 27.2. The summed E-state index contributed by atoms with van der Waals surface area (Å²) >= 11 is 0. The minimum Gasteiger partial charge on any atom is -0.396 e. The third-order valence-corrected chi connectivity index (χ3v) is 6.05. The second-order valence-electron chi connectivity index (χ2n) is 9.03. The molecule has 6 nitrogen and oxygen atoms in total. The average molecular weight is 489 g/mol. The van der Waals surface area contributed by atoms with Gasteiger partial charge in [-0.15, -0.1) is 0 Å². The van der Waals surface area contributed by atoms with Crippen LogP contribution < -0.4 is 16.0 Å². The highest BCUT2D eigenvalue weighted by molar-refractivity contribution is 6.23. The lowest BCUT2D eigenvalue weighted by atomic mass is 10.0. The number of allylic oxidation sites excluding steroid dienone is 2. The maximum atomic E-state index is 12.8. The molecular weight excluding hydrogens is 448 g/mol. The van der Waals surface area contributed by atoms with E-state index in [2.05, 4.69) is 22.9 Å². The van der Waals surface area contributed by atoms with Crippen molar-refractivity contribution in [2.24, 2.45) is 4.99 Å². The lowest BCUT2D eigenvalue weighted by molar-refractivity contribution is -0.111. The number of aliphatic imine (C=N–C) groups is 1. The molecule has 0 aliphatic heterocycles. The summed E-state index contributed by atoms with van der Waals surface area (Å²) in [7, 11) is 0. The van der Waals surface area contributed by atoms with Crippen molar-refractivity contribution in [2.45, 2.75) is 58.3 Å². The van der Waals surface area contributed by atoms with Crippen LogP contribution in [0.3, 0.4) is 0 Å². The number of carbonyl (C=O) groups excluding carboxylic acids is 1. The normalized spacial score (nSPS) is 14.4. The van der Waals surface area contributed by atoms with Crippen LogP contribution in [0.4, 0.5) is 17.1 Å². The number of aliphatic hydroxyl groups excluding tert-OH is 1. The number of nitrogens with zero attached hydrogens (tertiary/aromatic N) is 1. The number of hydrogen-bond donors (Lipinski definition) is 4. The highest BCUT2D eigenvalue weighted by Gasteiger charge is 2.21. The molecule has 0 fully saturated rings. The Morgan fingerprint density at radius 1 is 0.722 bits per heavy atom. The van der Waals surface area contributed by atoms with Crippen molar-refractivity contribution >= 4 is 28.6 Å². The Balaban J connectivity index is 1.73. The first-order valence-electron chi connectivity index (χ1n) is 13.3. The predicted molar refractivity (Wildman–Crippen MR) is 151 cm³/mol. The third-order valence-electron chi connectivity index (χ3n) is 6.05. The highest BCUT2D eigenvalue weighted by Crippen LogP contribution is 2.22. The largest absolute Gasteiger partial charge is 0.396 e. The van der Waals surface area contributed by atoms with Crippen LogP contribution in [0.25, 0.3) is 0 Å². The smallest absolute Gasteiger partial charge is 0.204 e. The van der Waals surface area contributed by atoms with Crippen LogP contribution in [0.5, 0.6) is 0 Å². The Kier molecular flexibility index (Phi) is 11.8. The average Bonchev–Trinajstić information content (AvgIpc) is 2.90. The molecule has 36 heavy (non-hydrogen) atoms. The van der Waals surface area contributed by atoms with Gasteiger partial charge in [-0.1, -0.05) is 57.2 Å². The molecule has 0 bridgehead atoms. The summed E-state index contributed by atoms with van der Waals surface area (Å²) in [5.41, 5.74) is 4.78. The van der Waals surface area contributed by atoms with Gasteiger partial charge in [0.2, 0.25) is 5.78 Å². The first-order valence-corrected chi connectivity index (χ1v) is 13.3. The van der Waals surface area contributed by atoms with Crippen LogP contribution in [0.2, 0.25) is 0 Å². The zero-order valence-corrected chi connectivity index (χ0v) is 21.4. The molecule has 0 heterocycles. The molecule has 0 saturated carbocycles. The van der Waals surface area contributed by atoms with Crippen molar-refractivity contribution in [3.63, 3.8) is 0 Å². The summed E-state index contributed by atoms with van der Waals surface area (Å²) < 4.78 is 0. The molecule has 0 saturated heterocycles. The third kappa shape index (κ3) is 9.00. The Labute approximate surface area is 215 Å². The molecule has 0 spiro atoms. The molecule has 6 heteroatoms. The molecule has 1 aliphatic carbocycles. The topological polar surface area (TPSA) is 85.8 Å². The monoisotopic (exact) mass is 488 g/mol. The molecule has 0 unspecified atom stereocenters. The molecule has 0 aromatic heterocycles. The van der Waals surface area contributed by atoms with Gasteiger partial charge in [-0.25, -0.2) is 4.99 Å². The molecule has 2 aromatic rings. The Hall–Kier alpha value is -3.38. The number of carbonyl (C=O) groups is 1. The van der Waals surface area contributed by atoms with Gasteiger partial charge in [0, 0.05) is 31.1 Å². The van der Waals surface area contributed by atoms with Gasteiger partial charge in [0.25, 0.3) is 0 Å². The molecular formula is C30H40N4O2. The van der Waals surface area contributed by atoms with Gasteiger partial charge >= 0.3 is 0 Å². The fourth-order valence-electron chi connectivity index (χ4n) is 4.02. The quantitative estimate of drug-likeness (QED) is 0.163. The maximum Gasteiger partial charge on any atom is 0.204 e. The Morgan fingerprint density at radius 2 is 1.42 bits per heavy atom. The molecule has 4 N–H and O–H groups in total. The van der Waals surface area contributed by atoms with Crippen molar-refractivity contribution in [3.05, 3.63) is 78.1 Å². The van der Waals surface area contributed by atoms with Crippen LogP contribution in [-0.2, 0) is 4.79 Å². The number of anilines is 2. The van der Waals surface area contributed by atoms with E-state index in [9.17, 15) is 4.79 Å². The predicted octanol–water partition coefficient (Wildman–Crippen LogP) is 6.36. The van der Waals surface area contributed by atoms with E-state index in [0.29, 0.717) is 5.70 Å². The summed E-state index contributed by atoms with van der Waals surface area (Å²) in [5.74, 6) is -0.0626. The van der Waals surface area contributed by atoms with E-state index in [-0.39, 0.29) is 12.4 Å². The molecule has 1 aliphatic rings. The summed E-state index contributed by atoms with van der Waals surface area (Å²) in [6.07, 6.45) is 12.1. The molecule has 0 atom stereocenters. The van der Waals surface area contributed by atoms with Crippen LogP contribution in [0, 0.1) is 0 Å². The summed E-state index contributed by atoms with van der Waals surface area (Å²) in [6, 6.07) is 17.8. The summed E-state index contributed by atoms with van der Waals surface area (Å²) in [5, 5.41) is 19.1. The number of hydrogen-bond acceptors (Lipinski definition) is 6. The second-order valence-corrected chi connectivity index (χ2v) is 9.03. The van der Waals surface area contributed by atoms with Gasteiger partial charge in [0.05, 0.1) is 17.1 Å². The summed E-state index contributed by atoms with van der Waals surface area (Å²) in [6.45, 7) is 4.17. The fourth-order valence-corrected chi connectivity index (χ4v) is 4.02. The van der Waals surface area contributed by atoms with Crippen molar-refractivity contribution in [2.75, 3.05) is 30.3 Å². The first-order chi connectivity index (χ1) is 17.7. The summed E-state index contributed by atoms with van der Waals surface area (Å²) in [4.78, 5) is 17.7. The van der Waals surface area contributed by atoms with Gasteiger partial charge < -0.3 is 21.1 Å². The van der Waals surface area contributed by atoms with Gasteiger partial charge in [-0.05, 0) is 67.8 Å². The number of unbranched alkanes of at least 4 members (excludes halogenated alkanes) is 6. The molecule has 3 rings (SSSR count). The van der Waals surface area contributed by atoms with Crippen molar-refractivity contribution in [1.29, 1.82) is 0 Å². The highest BCUT2D eigenvalue weighted by atomic mass is 16.2. The SMILES string of the molecule is CCCCCCNC1=C(Nc2ccccc2)C(=O)C=CC1=Nc1ccc(NCCCCCCO)cc1. The number of nitrogens with one attached hydrogen (secondary N) is 3. The second kappa shape index (κ2) is 15.6. The minimum absolute atomic E-state index is 0.0626. The van der Waals surface area contributed by atoms with E-state index in [0.717, 1.165) is 80.1 Å².